The molecule has 1 fully saturated rings. The van der Waals surface area contributed by atoms with Gasteiger partial charge < -0.3 is 14.2 Å². The minimum Gasteiger partial charge on any atom is -0.490 e. The number of methoxy groups -OCH3 is 1. The standard InChI is InChI=1S/C22H26FNO5S/c1-13-11-24-18(30-13)14-6-15(19(25)27-5)8-17(7-14)28-12-22(23)9-16(10-22)20(26)29-21(2,3)4/h6-8,11,16H,9-10,12H2,1-5H3. The Morgan fingerprint density at radius 2 is 1.97 bits per heavy atom. The number of carbonyl (C=O) groups is 2. The molecule has 0 unspecified atom stereocenters. The van der Waals surface area contributed by atoms with Gasteiger partial charge in [-0.05, 0) is 58.7 Å². The van der Waals surface area contributed by atoms with Crippen LogP contribution in [0.3, 0.4) is 0 Å². The van der Waals surface area contributed by atoms with Gasteiger partial charge in [0.05, 0.1) is 18.6 Å². The zero-order valence-electron chi connectivity index (χ0n) is 17.8. The van der Waals surface area contributed by atoms with E-state index in [9.17, 15) is 14.0 Å². The van der Waals surface area contributed by atoms with Crippen molar-refractivity contribution in [2.24, 2.45) is 5.92 Å². The smallest absolute Gasteiger partial charge is 0.338 e. The predicted molar refractivity (Wildman–Crippen MR) is 112 cm³/mol. The molecule has 8 heteroatoms. The van der Waals surface area contributed by atoms with E-state index in [4.69, 9.17) is 14.2 Å². The molecule has 1 aromatic heterocycles. The Hall–Kier alpha value is -2.48. The van der Waals surface area contributed by atoms with E-state index in [1.165, 1.54) is 24.5 Å². The van der Waals surface area contributed by atoms with E-state index in [1.807, 2.05) is 6.92 Å². The quantitative estimate of drug-likeness (QED) is 0.610. The summed E-state index contributed by atoms with van der Waals surface area (Å²) < 4.78 is 30.8. The highest BCUT2D eigenvalue weighted by molar-refractivity contribution is 7.14. The van der Waals surface area contributed by atoms with E-state index in [0.717, 1.165) is 9.88 Å². The van der Waals surface area contributed by atoms with Crippen molar-refractivity contribution < 1.29 is 28.2 Å². The Balaban J connectivity index is 1.69. The molecule has 0 saturated heterocycles. The van der Waals surface area contributed by atoms with Gasteiger partial charge in [-0.25, -0.2) is 14.2 Å². The Kier molecular flexibility index (Phi) is 6.17. The number of alkyl halides is 1. The van der Waals surface area contributed by atoms with Crippen LogP contribution in [0.2, 0.25) is 0 Å². The molecule has 0 atom stereocenters. The van der Waals surface area contributed by atoms with Gasteiger partial charge >= 0.3 is 11.9 Å². The number of hydrogen-bond donors (Lipinski definition) is 0. The second kappa shape index (κ2) is 8.34. The number of benzene rings is 1. The molecule has 0 aliphatic heterocycles. The van der Waals surface area contributed by atoms with Crippen LogP contribution < -0.4 is 4.74 Å². The number of ether oxygens (including phenoxy) is 3. The van der Waals surface area contributed by atoms with E-state index in [2.05, 4.69) is 4.98 Å². The van der Waals surface area contributed by atoms with E-state index < -0.39 is 23.2 Å². The molecule has 30 heavy (non-hydrogen) atoms. The fourth-order valence-corrected chi connectivity index (χ4v) is 3.99. The fraction of sp³-hybridized carbons (Fsp3) is 0.500. The first-order valence-electron chi connectivity index (χ1n) is 9.69. The topological polar surface area (TPSA) is 74.7 Å². The van der Waals surface area contributed by atoms with Gasteiger partial charge in [0.2, 0.25) is 0 Å². The minimum absolute atomic E-state index is 0.0527. The molecule has 2 aromatic rings. The first-order chi connectivity index (χ1) is 14.0. The number of thiazole rings is 1. The maximum Gasteiger partial charge on any atom is 0.338 e. The number of carbonyl (C=O) groups excluding carboxylic acids is 2. The summed E-state index contributed by atoms with van der Waals surface area (Å²) in [5.41, 5.74) is -1.22. The van der Waals surface area contributed by atoms with E-state index in [-0.39, 0.29) is 25.4 Å². The first-order valence-corrected chi connectivity index (χ1v) is 10.5. The Morgan fingerprint density at radius 3 is 2.53 bits per heavy atom. The lowest BCUT2D eigenvalue weighted by Gasteiger charge is -2.40. The van der Waals surface area contributed by atoms with Gasteiger partial charge in [-0.3, -0.25) is 4.79 Å². The Bertz CT molecular complexity index is 943. The van der Waals surface area contributed by atoms with Crippen molar-refractivity contribution in [2.45, 2.75) is 51.8 Å². The lowest BCUT2D eigenvalue weighted by atomic mass is 9.72. The van der Waals surface area contributed by atoms with Gasteiger partial charge in [0.25, 0.3) is 0 Å². The molecular weight excluding hydrogens is 409 g/mol. The van der Waals surface area contributed by atoms with Gasteiger partial charge in [0.1, 0.15) is 28.6 Å². The predicted octanol–water partition coefficient (Wildman–Crippen LogP) is 4.74. The molecule has 1 heterocycles. The fourth-order valence-electron chi connectivity index (χ4n) is 3.24. The van der Waals surface area contributed by atoms with Crippen LogP contribution in [0, 0.1) is 12.8 Å². The third kappa shape index (κ3) is 5.36. The van der Waals surface area contributed by atoms with Crippen molar-refractivity contribution in [1.29, 1.82) is 0 Å². The third-order valence-corrected chi connectivity index (χ3v) is 5.62. The normalized spacial score (nSPS) is 20.9. The number of aryl methyl sites for hydroxylation is 1. The molecule has 0 bridgehead atoms. The SMILES string of the molecule is COC(=O)c1cc(OCC2(F)CC(C(=O)OC(C)(C)C)C2)cc(-c2ncc(C)s2)c1. The molecular formula is C22H26FNO5S. The summed E-state index contributed by atoms with van der Waals surface area (Å²) in [4.78, 5) is 29.5. The lowest BCUT2D eigenvalue weighted by Crippen LogP contribution is -2.49. The van der Waals surface area contributed by atoms with Crippen LogP contribution in [0.15, 0.2) is 24.4 Å². The van der Waals surface area contributed by atoms with Crippen LogP contribution in [-0.2, 0) is 14.3 Å². The van der Waals surface area contributed by atoms with E-state index in [1.54, 1.807) is 39.1 Å². The molecule has 0 spiro atoms. The largest absolute Gasteiger partial charge is 0.490 e. The van der Waals surface area contributed by atoms with E-state index >= 15 is 0 Å². The molecule has 0 N–H and O–H groups in total. The summed E-state index contributed by atoms with van der Waals surface area (Å²) in [5.74, 6) is -1.02. The number of aromatic nitrogens is 1. The summed E-state index contributed by atoms with van der Waals surface area (Å²) >= 11 is 1.48. The van der Waals surface area contributed by atoms with Crippen LogP contribution in [0.25, 0.3) is 10.6 Å². The van der Waals surface area contributed by atoms with Gasteiger partial charge in [-0.15, -0.1) is 11.3 Å². The van der Waals surface area contributed by atoms with Crippen molar-refractivity contribution in [2.75, 3.05) is 13.7 Å². The van der Waals surface area contributed by atoms with Gasteiger partial charge in [0, 0.05) is 16.6 Å². The summed E-state index contributed by atoms with van der Waals surface area (Å²) in [7, 11) is 1.30. The summed E-state index contributed by atoms with van der Waals surface area (Å²) in [6.07, 6.45) is 1.85. The van der Waals surface area contributed by atoms with Crippen LogP contribution >= 0.6 is 11.3 Å². The van der Waals surface area contributed by atoms with Crippen molar-refractivity contribution in [3.8, 4) is 16.3 Å². The summed E-state index contributed by atoms with van der Waals surface area (Å²) in [5, 5.41) is 0.728. The van der Waals surface area contributed by atoms with Crippen molar-refractivity contribution in [3.63, 3.8) is 0 Å². The van der Waals surface area contributed by atoms with Crippen LogP contribution in [0.5, 0.6) is 5.75 Å². The molecule has 1 saturated carbocycles. The van der Waals surface area contributed by atoms with Gasteiger partial charge in [0.15, 0.2) is 0 Å². The highest BCUT2D eigenvalue weighted by Crippen LogP contribution is 2.43. The molecule has 0 radical (unpaired) electrons. The van der Waals surface area contributed by atoms with Crippen molar-refractivity contribution in [3.05, 3.63) is 34.8 Å². The van der Waals surface area contributed by atoms with Crippen LogP contribution in [-0.4, -0.2) is 41.9 Å². The van der Waals surface area contributed by atoms with E-state index in [0.29, 0.717) is 16.9 Å². The van der Waals surface area contributed by atoms with Gasteiger partial charge in [-0.1, -0.05) is 0 Å². The molecule has 1 aliphatic carbocycles. The molecule has 3 rings (SSSR count). The summed E-state index contributed by atoms with van der Waals surface area (Å²) in [6, 6.07) is 4.91. The van der Waals surface area contributed by atoms with Crippen molar-refractivity contribution in [1.82, 2.24) is 4.98 Å². The van der Waals surface area contributed by atoms with Gasteiger partial charge in [-0.2, -0.15) is 0 Å². The number of esters is 2. The summed E-state index contributed by atoms with van der Waals surface area (Å²) in [6.45, 7) is 7.07. The second-order valence-electron chi connectivity index (χ2n) is 8.59. The zero-order valence-corrected chi connectivity index (χ0v) is 18.6. The molecule has 162 valence electrons. The molecule has 1 aliphatic rings. The first kappa shape index (κ1) is 22.2. The third-order valence-electron chi connectivity index (χ3n) is 4.66. The Labute approximate surface area is 179 Å². The number of hydrogen-bond acceptors (Lipinski definition) is 7. The lowest BCUT2D eigenvalue weighted by molar-refractivity contribution is -0.171. The number of nitrogens with zero attached hydrogens (tertiary/aromatic N) is 1. The highest BCUT2D eigenvalue weighted by atomic mass is 32.1. The molecule has 6 nitrogen and oxygen atoms in total. The second-order valence-corrected chi connectivity index (χ2v) is 9.83. The van der Waals surface area contributed by atoms with Crippen LogP contribution in [0.4, 0.5) is 4.39 Å². The maximum atomic E-state index is 15.0. The highest BCUT2D eigenvalue weighted by Gasteiger charge is 2.50. The van der Waals surface area contributed by atoms with Crippen LogP contribution in [0.1, 0.15) is 48.8 Å². The minimum atomic E-state index is -1.61. The molecule has 1 aromatic carbocycles. The molecule has 0 amide bonds. The number of halogens is 1. The maximum absolute atomic E-state index is 15.0. The monoisotopic (exact) mass is 435 g/mol. The average molecular weight is 436 g/mol. The number of rotatable bonds is 6. The van der Waals surface area contributed by atoms with Crippen molar-refractivity contribution >= 4 is 23.3 Å². The Morgan fingerprint density at radius 1 is 1.27 bits per heavy atom. The zero-order chi connectivity index (χ0) is 22.1. The average Bonchev–Trinajstić information content (AvgIpc) is 3.08.